The van der Waals surface area contributed by atoms with Gasteiger partial charge in [-0.1, -0.05) is 30.3 Å². The van der Waals surface area contributed by atoms with Crippen molar-refractivity contribution in [1.82, 2.24) is 10.3 Å². The second-order valence-electron chi connectivity index (χ2n) is 4.76. The molecule has 2 rings (SSSR count). The fourth-order valence-corrected chi connectivity index (χ4v) is 1.99. The van der Waals surface area contributed by atoms with Crippen LogP contribution in [0, 0.1) is 0 Å². The van der Waals surface area contributed by atoms with Gasteiger partial charge in [-0.2, -0.15) is 0 Å². The van der Waals surface area contributed by atoms with Gasteiger partial charge >= 0.3 is 0 Å². The number of hydrogen-bond donors (Lipinski definition) is 1. The van der Waals surface area contributed by atoms with Crippen LogP contribution in [-0.2, 0) is 6.42 Å². The maximum absolute atomic E-state index is 12.2. The summed E-state index contributed by atoms with van der Waals surface area (Å²) in [5, 5.41) is 2.94. The van der Waals surface area contributed by atoms with E-state index in [1.807, 2.05) is 37.2 Å². The SMILES string of the molecule is CN(C)c1ncccc1C(=O)NCCc1ccccc1. The van der Waals surface area contributed by atoms with E-state index in [-0.39, 0.29) is 5.91 Å². The number of rotatable bonds is 5. The van der Waals surface area contributed by atoms with Gasteiger partial charge in [0.1, 0.15) is 5.82 Å². The Balaban J connectivity index is 1.96. The van der Waals surface area contributed by atoms with Crippen molar-refractivity contribution < 1.29 is 4.79 Å². The summed E-state index contributed by atoms with van der Waals surface area (Å²) in [5.74, 6) is 0.599. The minimum absolute atomic E-state index is 0.0854. The zero-order valence-electron chi connectivity index (χ0n) is 11.8. The van der Waals surface area contributed by atoms with Crippen LogP contribution in [0.25, 0.3) is 0 Å². The fraction of sp³-hybridized carbons (Fsp3) is 0.250. The summed E-state index contributed by atoms with van der Waals surface area (Å²) >= 11 is 0. The number of benzene rings is 1. The lowest BCUT2D eigenvalue weighted by molar-refractivity contribution is 0.0954. The maximum Gasteiger partial charge on any atom is 0.255 e. The van der Waals surface area contributed by atoms with Crippen molar-refractivity contribution in [3.05, 3.63) is 59.8 Å². The minimum atomic E-state index is -0.0854. The number of hydrogen-bond acceptors (Lipinski definition) is 3. The van der Waals surface area contributed by atoms with Crippen LogP contribution in [0.5, 0.6) is 0 Å². The molecule has 0 bridgehead atoms. The minimum Gasteiger partial charge on any atom is -0.362 e. The highest BCUT2D eigenvalue weighted by Crippen LogP contribution is 2.13. The van der Waals surface area contributed by atoms with Gasteiger partial charge in [0.05, 0.1) is 5.56 Å². The third-order valence-corrected chi connectivity index (χ3v) is 3.00. The molecule has 20 heavy (non-hydrogen) atoms. The Morgan fingerprint density at radius 3 is 2.60 bits per heavy atom. The number of pyridine rings is 1. The van der Waals surface area contributed by atoms with Crippen molar-refractivity contribution in [3.63, 3.8) is 0 Å². The summed E-state index contributed by atoms with van der Waals surface area (Å²) in [6.07, 6.45) is 2.51. The third-order valence-electron chi connectivity index (χ3n) is 3.00. The molecule has 1 amide bonds. The number of anilines is 1. The first-order chi connectivity index (χ1) is 9.68. The first-order valence-electron chi connectivity index (χ1n) is 6.63. The van der Waals surface area contributed by atoms with E-state index in [1.165, 1.54) is 5.56 Å². The lowest BCUT2D eigenvalue weighted by atomic mass is 10.1. The summed E-state index contributed by atoms with van der Waals surface area (Å²) in [6.45, 7) is 0.616. The van der Waals surface area contributed by atoms with Crippen LogP contribution in [0.15, 0.2) is 48.7 Å². The molecule has 0 saturated heterocycles. The molecule has 1 heterocycles. The van der Waals surface area contributed by atoms with Crippen LogP contribution in [-0.4, -0.2) is 31.5 Å². The molecule has 0 aliphatic heterocycles. The van der Waals surface area contributed by atoms with Crippen LogP contribution in [0.4, 0.5) is 5.82 Å². The Bertz CT molecular complexity index is 567. The van der Waals surface area contributed by atoms with E-state index >= 15 is 0 Å². The number of carbonyl (C=O) groups is 1. The smallest absolute Gasteiger partial charge is 0.255 e. The van der Waals surface area contributed by atoms with Gasteiger partial charge in [-0.3, -0.25) is 4.79 Å². The Morgan fingerprint density at radius 1 is 1.15 bits per heavy atom. The summed E-state index contributed by atoms with van der Waals surface area (Å²) < 4.78 is 0. The van der Waals surface area contributed by atoms with E-state index in [2.05, 4.69) is 22.4 Å². The second kappa shape index (κ2) is 6.70. The van der Waals surface area contributed by atoms with Gasteiger partial charge in [-0.25, -0.2) is 4.98 Å². The summed E-state index contributed by atoms with van der Waals surface area (Å²) in [4.78, 5) is 18.3. The molecule has 0 radical (unpaired) electrons. The lowest BCUT2D eigenvalue weighted by Crippen LogP contribution is -2.28. The predicted octanol–water partition coefficient (Wildman–Crippen LogP) is 2.12. The molecule has 2 aromatic rings. The Hall–Kier alpha value is -2.36. The van der Waals surface area contributed by atoms with Gasteiger partial charge in [0, 0.05) is 26.8 Å². The molecule has 104 valence electrons. The summed E-state index contributed by atoms with van der Waals surface area (Å²) in [7, 11) is 3.76. The Kier molecular flexibility index (Phi) is 4.71. The average molecular weight is 269 g/mol. The number of nitrogens with one attached hydrogen (secondary N) is 1. The largest absolute Gasteiger partial charge is 0.362 e. The maximum atomic E-state index is 12.2. The van der Waals surface area contributed by atoms with Crippen LogP contribution >= 0.6 is 0 Å². The highest BCUT2D eigenvalue weighted by atomic mass is 16.1. The highest BCUT2D eigenvalue weighted by molar-refractivity contribution is 5.98. The molecule has 0 fully saturated rings. The van der Waals surface area contributed by atoms with E-state index in [0.717, 1.165) is 6.42 Å². The van der Waals surface area contributed by atoms with Gasteiger partial charge < -0.3 is 10.2 Å². The van der Waals surface area contributed by atoms with E-state index in [4.69, 9.17) is 0 Å². The van der Waals surface area contributed by atoms with Crippen LogP contribution in [0.2, 0.25) is 0 Å². The number of nitrogens with zero attached hydrogens (tertiary/aromatic N) is 2. The van der Waals surface area contributed by atoms with Crippen LogP contribution < -0.4 is 10.2 Å². The van der Waals surface area contributed by atoms with Crippen molar-refractivity contribution >= 4 is 11.7 Å². The predicted molar refractivity (Wildman–Crippen MR) is 81.0 cm³/mol. The summed E-state index contributed by atoms with van der Waals surface area (Å²) in [5.41, 5.74) is 1.82. The number of carbonyl (C=O) groups excluding carboxylic acids is 1. The molecule has 0 saturated carbocycles. The van der Waals surface area contributed by atoms with E-state index < -0.39 is 0 Å². The van der Waals surface area contributed by atoms with Crippen LogP contribution in [0.1, 0.15) is 15.9 Å². The molecule has 4 heteroatoms. The molecule has 4 nitrogen and oxygen atoms in total. The first-order valence-corrected chi connectivity index (χ1v) is 6.63. The topological polar surface area (TPSA) is 45.2 Å². The molecule has 0 unspecified atom stereocenters. The molecule has 0 aliphatic carbocycles. The van der Waals surface area contributed by atoms with Crippen molar-refractivity contribution in [1.29, 1.82) is 0 Å². The molecule has 1 aromatic carbocycles. The monoisotopic (exact) mass is 269 g/mol. The van der Waals surface area contributed by atoms with Gasteiger partial charge in [0.15, 0.2) is 0 Å². The van der Waals surface area contributed by atoms with Gasteiger partial charge in [-0.05, 0) is 24.1 Å². The fourth-order valence-electron chi connectivity index (χ4n) is 1.99. The number of amides is 1. The van der Waals surface area contributed by atoms with Gasteiger partial charge in [0.2, 0.25) is 0 Å². The molecular formula is C16H19N3O. The van der Waals surface area contributed by atoms with Gasteiger partial charge in [-0.15, -0.1) is 0 Å². The second-order valence-corrected chi connectivity index (χ2v) is 4.76. The number of aromatic nitrogens is 1. The molecular weight excluding hydrogens is 250 g/mol. The van der Waals surface area contributed by atoms with E-state index in [0.29, 0.717) is 17.9 Å². The third kappa shape index (κ3) is 3.57. The molecule has 1 aromatic heterocycles. The summed E-state index contributed by atoms with van der Waals surface area (Å²) in [6, 6.07) is 13.7. The zero-order valence-corrected chi connectivity index (χ0v) is 11.8. The molecule has 0 aliphatic rings. The first kappa shape index (κ1) is 14.1. The van der Waals surface area contributed by atoms with Gasteiger partial charge in [0.25, 0.3) is 5.91 Å². The average Bonchev–Trinajstić information content (AvgIpc) is 2.48. The van der Waals surface area contributed by atoms with Crippen LogP contribution in [0.3, 0.4) is 0 Å². The van der Waals surface area contributed by atoms with Crippen molar-refractivity contribution in [3.8, 4) is 0 Å². The van der Waals surface area contributed by atoms with E-state index in [9.17, 15) is 4.79 Å². The Labute approximate surface area is 119 Å². The lowest BCUT2D eigenvalue weighted by Gasteiger charge is -2.15. The molecule has 1 N–H and O–H groups in total. The normalized spacial score (nSPS) is 10.1. The quantitative estimate of drug-likeness (QED) is 0.904. The highest BCUT2D eigenvalue weighted by Gasteiger charge is 2.12. The van der Waals surface area contributed by atoms with Crippen molar-refractivity contribution in [2.24, 2.45) is 0 Å². The molecule has 0 spiro atoms. The zero-order chi connectivity index (χ0) is 14.4. The standard InChI is InChI=1S/C16H19N3O/c1-19(2)15-14(9-6-11-17-15)16(20)18-12-10-13-7-4-3-5-8-13/h3-9,11H,10,12H2,1-2H3,(H,18,20). The Morgan fingerprint density at radius 2 is 1.90 bits per heavy atom. The molecule has 0 atom stereocenters. The van der Waals surface area contributed by atoms with Crippen molar-refractivity contribution in [2.75, 3.05) is 25.5 Å². The van der Waals surface area contributed by atoms with E-state index in [1.54, 1.807) is 18.3 Å². The van der Waals surface area contributed by atoms with Crippen molar-refractivity contribution in [2.45, 2.75) is 6.42 Å².